The van der Waals surface area contributed by atoms with Gasteiger partial charge in [0.15, 0.2) is 11.5 Å². The maximum Gasteiger partial charge on any atom is 0.231 e. The molecule has 1 aromatic carbocycles. The van der Waals surface area contributed by atoms with Gasteiger partial charge in [0.05, 0.1) is 6.61 Å². The quantitative estimate of drug-likeness (QED) is 0.721. The Balaban J connectivity index is 1.62. The molecule has 0 spiro atoms. The summed E-state index contributed by atoms with van der Waals surface area (Å²) in [5.74, 6) is 2.43. The zero-order chi connectivity index (χ0) is 12.6. The van der Waals surface area contributed by atoms with Gasteiger partial charge in [-0.2, -0.15) is 0 Å². The van der Waals surface area contributed by atoms with E-state index in [4.69, 9.17) is 14.2 Å². The molecule has 1 aliphatic rings. The number of ether oxygens (including phenoxy) is 3. The molecule has 1 N–H and O–H groups in total. The molecule has 0 unspecified atom stereocenters. The van der Waals surface area contributed by atoms with Gasteiger partial charge in [-0.15, -0.1) is 0 Å². The highest BCUT2D eigenvalue weighted by Crippen LogP contribution is 2.35. The van der Waals surface area contributed by atoms with E-state index in [1.807, 2.05) is 18.2 Å². The normalized spacial score (nSPS) is 12.7. The number of fused-ring (bicyclic) bond motifs is 1. The van der Waals surface area contributed by atoms with E-state index in [2.05, 4.69) is 12.2 Å². The van der Waals surface area contributed by atoms with Crippen LogP contribution in [0.4, 0.5) is 0 Å². The van der Waals surface area contributed by atoms with Gasteiger partial charge in [-0.1, -0.05) is 6.92 Å². The monoisotopic (exact) mass is 251 g/mol. The van der Waals surface area contributed by atoms with Crippen molar-refractivity contribution in [2.75, 3.05) is 26.5 Å². The van der Waals surface area contributed by atoms with Gasteiger partial charge < -0.3 is 19.5 Å². The fourth-order valence-electron chi connectivity index (χ4n) is 1.86. The summed E-state index contributed by atoms with van der Waals surface area (Å²) in [5.41, 5.74) is 0. The maximum absolute atomic E-state index is 5.68. The van der Waals surface area contributed by atoms with Gasteiger partial charge in [0.1, 0.15) is 5.75 Å². The smallest absolute Gasteiger partial charge is 0.231 e. The van der Waals surface area contributed by atoms with Crippen LogP contribution >= 0.6 is 0 Å². The van der Waals surface area contributed by atoms with Crippen molar-refractivity contribution in [3.05, 3.63) is 18.2 Å². The lowest BCUT2D eigenvalue weighted by molar-refractivity contribution is 0.173. The van der Waals surface area contributed by atoms with Crippen molar-refractivity contribution in [1.29, 1.82) is 0 Å². The van der Waals surface area contributed by atoms with E-state index in [1.165, 1.54) is 12.8 Å². The van der Waals surface area contributed by atoms with Crippen LogP contribution in [0.5, 0.6) is 17.2 Å². The SMILES string of the molecule is CCNCCCCCOc1ccc2c(c1)OCO2. The van der Waals surface area contributed by atoms with Crippen LogP contribution in [0.25, 0.3) is 0 Å². The van der Waals surface area contributed by atoms with E-state index in [-0.39, 0.29) is 0 Å². The number of hydrogen-bond donors (Lipinski definition) is 1. The lowest BCUT2D eigenvalue weighted by Crippen LogP contribution is -2.14. The molecule has 100 valence electrons. The number of unbranched alkanes of at least 4 members (excludes halogenated alkanes) is 2. The van der Waals surface area contributed by atoms with Crippen molar-refractivity contribution in [2.24, 2.45) is 0 Å². The van der Waals surface area contributed by atoms with Crippen molar-refractivity contribution >= 4 is 0 Å². The van der Waals surface area contributed by atoms with Gasteiger partial charge in [0.25, 0.3) is 0 Å². The highest BCUT2D eigenvalue weighted by atomic mass is 16.7. The Morgan fingerprint density at radius 3 is 2.94 bits per heavy atom. The zero-order valence-corrected chi connectivity index (χ0v) is 10.9. The Labute approximate surface area is 108 Å². The largest absolute Gasteiger partial charge is 0.493 e. The van der Waals surface area contributed by atoms with Crippen LogP contribution in [0.2, 0.25) is 0 Å². The molecule has 0 radical (unpaired) electrons. The van der Waals surface area contributed by atoms with Gasteiger partial charge in [-0.05, 0) is 44.5 Å². The molecule has 2 rings (SSSR count). The average molecular weight is 251 g/mol. The maximum atomic E-state index is 5.68. The van der Waals surface area contributed by atoms with Crippen LogP contribution in [-0.4, -0.2) is 26.5 Å². The molecular weight excluding hydrogens is 230 g/mol. The third-order valence-corrected chi connectivity index (χ3v) is 2.86. The fourth-order valence-corrected chi connectivity index (χ4v) is 1.86. The molecule has 0 saturated carbocycles. The van der Waals surface area contributed by atoms with Crippen LogP contribution in [0.15, 0.2) is 18.2 Å². The summed E-state index contributed by atoms with van der Waals surface area (Å²) >= 11 is 0. The van der Waals surface area contributed by atoms with Crippen molar-refractivity contribution in [1.82, 2.24) is 5.32 Å². The van der Waals surface area contributed by atoms with Gasteiger partial charge in [0.2, 0.25) is 6.79 Å². The first kappa shape index (κ1) is 13.0. The van der Waals surface area contributed by atoms with E-state index in [1.54, 1.807) is 0 Å². The molecule has 1 aromatic rings. The van der Waals surface area contributed by atoms with Crippen molar-refractivity contribution in [3.8, 4) is 17.2 Å². The second kappa shape index (κ2) is 7.11. The van der Waals surface area contributed by atoms with E-state index in [9.17, 15) is 0 Å². The summed E-state index contributed by atoms with van der Waals surface area (Å²) in [4.78, 5) is 0. The molecule has 1 aliphatic heterocycles. The molecule has 0 saturated heterocycles. The number of nitrogens with one attached hydrogen (secondary N) is 1. The minimum absolute atomic E-state index is 0.309. The first-order chi connectivity index (χ1) is 8.90. The molecular formula is C14H21NO3. The van der Waals surface area contributed by atoms with Crippen LogP contribution in [0, 0.1) is 0 Å². The van der Waals surface area contributed by atoms with Gasteiger partial charge in [-0.3, -0.25) is 0 Å². The summed E-state index contributed by atoms with van der Waals surface area (Å²) in [6.45, 7) is 5.34. The molecule has 0 atom stereocenters. The van der Waals surface area contributed by atoms with Crippen LogP contribution in [-0.2, 0) is 0 Å². The lowest BCUT2D eigenvalue weighted by atomic mass is 10.2. The number of benzene rings is 1. The Bertz CT molecular complexity index is 368. The third-order valence-electron chi connectivity index (χ3n) is 2.86. The first-order valence-corrected chi connectivity index (χ1v) is 6.63. The second-order valence-electron chi connectivity index (χ2n) is 4.28. The van der Waals surface area contributed by atoms with E-state index >= 15 is 0 Å². The van der Waals surface area contributed by atoms with Crippen LogP contribution in [0.3, 0.4) is 0 Å². The minimum atomic E-state index is 0.309. The Kier molecular flexibility index (Phi) is 5.15. The summed E-state index contributed by atoms with van der Waals surface area (Å²) in [6, 6.07) is 5.70. The van der Waals surface area contributed by atoms with E-state index in [0.29, 0.717) is 6.79 Å². The van der Waals surface area contributed by atoms with Crippen LogP contribution in [0.1, 0.15) is 26.2 Å². The van der Waals surface area contributed by atoms with Gasteiger partial charge in [0, 0.05) is 6.07 Å². The predicted molar refractivity (Wildman–Crippen MR) is 70.5 cm³/mol. The molecule has 4 nitrogen and oxygen atoms in total. The molecule has 0 bridgehead atoms. The van der Waals surface area contributed by atoms with Gasteiger partial charge >= 0.3 is 0 Å². The number of hydrogen-bond acceptors (Lipinski definition) is 4. The standard InChI is InChI=1S/C14H21NO3/c1-2-15-8-4-3-5-9-16-12-6-7-13-14(10-12)18-11-17-13/h6-7,10,15H,2-5,8-9,11H2,1H3. The topological polar surface area (TPSA) is 39.7 Å². The van der Waals surface area contributed by atoms with Crippen LogP contribution < -0.4 is 19.5 Å². The van der Waals surface area contributed by atoms with E-state index in [0.717, 1.165) is 43.4 Å². The minimum Gasteiger partial charge on any atom is -0.493 e. The zero-order valence-electron chi connectivity index (χ0n) is 10.9. The summed E-state index contributed by atoms with van der Waals surface area (Å²) in [7, 11) is 0. The molecule has 0 aliphatic carbocycles. The lowest BCUT2D eigenvalue weighted by Gasteiger charge is -2.07. The average Bonchev–Trinajstić information content (AvgIpc) is 2.85. The van der Waals surface area contributed by atoms with Crippen molar-refractivity contribution < 1.29 is 14.2 Å². The summed E-state index contributed by atoms with van der Waals surface area (Å²) < 4.78 is 16.2. The highest BCUT2D eigenvalue weighted by Gasteiger charge is 2.13. The van der Waals surface area contributed by atoms with Gasteiger partial charge in [-0.25, -0.2) is 0 Å². The molecule has 1 heterocycles. The highest BCUT2D eigenvalue weighted by molar-refractivity contribution is 5.46. The Morgan fingerprint density at radius 1 is 1.17 bits per heavy atom. The van der Waals surface area contributed by atoms with Crippen molar-refractivity contribution in [2.45, 2.75) is 26.2 Å². The fraction of sp³-hybridized carbons (Fsp3) is 0.571. The molecule has 18 heavy (non-hydrogen) atoms. The molecule has 0 aromatic heterocycles. The Hall–Kier alpha value is -1.42. The molecule has 4 heteroatoms. The number of rotatable bonds is 8. The van der Waals surface area contributed by atoms with E-state index < -0.39 is 0 Å². The predicted octanol–water partition coefficient (Wildman–Crippen LogP) is 2.57. The molecule has 0 amide bonds. The molecule has 0 fully saturated rings. The third kappa shape index (κ3) is 3.81. The second-order valence-corrected chi connectivity index (χ2v) is 4.28. The summed E-state index contributed by atoms with van der Waals surface area (Å²) in [6.07, 6.45) is 3.48. The summed E-state index contributed by atoms with van der Waals surface area (Å²) in [5, 5.41) is 3.31. The Morgan fingerprint density at radius 2 is 2.06 bits per heavy atom. The first-order valence-electron chi connectivity index (χ1n) is 6.63. The van der Waals surface area contributed by atoms with Crippen molar-refractivity contribution in [3.63, 3.8) is 0 Å².